The van der Waals surface area contributed by atoms with E-state index >= 15 is 0 Å². The number of benzene rings is 1. The summed E-state index contributed by atoms with van der Waals surface area (Å²) in [7, 11) is 1.51. The number of carbonyl (C=O) groups excluding carboxylic acids is 1. The molecule has 3 rings (SSSR count). The van der Waals surface area contributed by atoms with Crippen LogP contribution in [0, 0.1) is 0 Å². The van der Waals surface area contributed by atoms with Gasteiger partial charge in [0.25, 0.3) is 5.91 Å². The molecule has 1 aliphatic heterocycles. The van der Waals surface area contributed by atoms with E-state index in [1.165, 1.54) is 7.11 Å². The highest BCUT2D eigenvalue weighted by molar-refractivity contribution is 5.96. The topological polar surface area (TPSA) is 83.0 Å². The second-order valence-electron chi connectivity index (χ2n) is 7.93. The Morgan fingerprint density at radius 2 is 1.84 bits per heavy atom. The van der Waals surface area contributed by atoms with Gasteiger partial charge < -0.3 is 14.7 Å². The maximum atomic E-state index is 12.8. The SMILES string of the molecule is COCC(=O)N1CCCCCCCN(Cc2ccccn2)Cc2cc(C(=O)O)ccc21. The predicted octanol–water partition coefficient (Wildman–Crippen LogP) is 3.73. The van der Waals surface area contributed by atoms with Crippen LogP contribution in [-0.2, 0) is 22.6 Å². The standard InChI is InChI=1S/C24H31N3O4/c1-31-18-23(28)27-14-8-4-2-3-7-13-26(17-21-9-5-6-12-25-21)16-20-15-19(24(29)30)10-11-22(20)27/h5-6,9-12,15H,2-4,7-8,13-14,16-18H2,1H3,(H,29,30). The fourth-order valence-corrected chi connectivity index (χ4v) is 4.00. The van der Waals surface area contributed by atoms with Crippen LogP contribution >= 0.6 is 0 Å². The number of rotatable bonds is 5. The summed E-state index contributed by atoms with van der Waals surface area (Å²) in [5, 5.41) is 9.53. The van der Waals surface area contributed by atoms with E-state index in [1.54, 1.807) is 29.3 Å². The van der Waals surface area contributed by atoms with E-state index in [0.717, 1.165) is 55.6 Å². The summed E-state index contributed by atoms with van der Waals surface area (Å²) >= 11 is 0. The molecule has 0 spiro atoms. The molecule has 0 unspecified atom stereocenters. The number of ether oxygens (including phenoxy) is 1. The number of anilines is 1. The number of fused-ring (bicyclic) bond motifs is 1. The van der Waals surface area contributed by atoms with E-state index in [1.807, 2.05) is 18.2 Å². The summed E-state index contributed by atoms with van der Waals surface area (Å²) in [5.41, 5.74) is 2.79. The number of hydrogen-bond acceptors (Lipinski definition) is 5. The molecule has 0 saturated carbocycles. The van der Waals surface area contributed by atoms with Crippen molar-refractivity contribution in [2.75, 3.05) is 31.7 Å². The molecule has 7 nitrogen and oxygen atoms in total. The zero-order chi connectivity index (χ0) is 22.1. The van der Waals surface area contributed by atoms with Crippen molar-refractivity contribution in [1.29, 1.82) is 0 Å². The van der Waals surface area contributed by atoms with Crippen LogP contribution in [-0.4, -0.2) is 53.7 Å². The summed E-state index contributed by atoms with van der Waals surface area (Å²) in [4.78, 5) is 33.0. The number of carboxylic acids is 1. The Labute approximate surface area is 183 Å². The number of aromatic carboxylic acids is 1. The molecule has 1 aromatic carbocycles. The van der Waals surface area contributed by atoms with E-state index in [2.05, 4.69) is 9.88 Å². The summed E-state index contributed by atoms with van der Waals surface area (Å²) in [6, 6.07) is 10.9. The van der Waals surface area contributed by atoms with Gasteiger partial charge >= 0.3 is 5.97 Å². The molecule has 31 heavy (non-hydrogen) atoms. The molecule has 2 heterocycles. The van der Waals surface area contributed by atoms with E-state index in [4.69, 9.17) is 4.74 Å². The van der Waals surface area contributed by atoms with Gasteiger partial charge in [-0.1, -0.05) is 25.3 Å². The van der Waals surface area contributed by atoms with Crippen LogP contribution in [0.5, 0.6) is 0 Å². The molecule has 1 N–H and O–H groups in total. The van der Waals surface area contributed by atoms with Gasteiger partial charge in [-0.3, -0.25) is 14.7 Å². The average molecular weight is 426 g/mol. The molecule has 1 amide bonds. The molecule has 1 aliphatic rings. The van der Waals surface area contributed by atoms with Gasteiger partial charge in [0.1, 0.15) is 6.61 Å². The highest BCUT2D eigenvalue weighted by Gasteiger charge is 2.22. The number of amides is 1. The Morgan fingerprint density at radius 1 is 1.06 bits per heavy atom. The second-order valence-corrected chi connectivity index (χ2v) is 7.93. The Bertz CT molecular complexity index is 872. The number of aromatic nitrogens is 1. The van der Waals surface area contributed by atoms with Crippen molar-refractivity contribution in [3.8, 4) is 0 Å². The molecule has 2 aromatic rings. The van der Waals surface area contributed by atoms with E-state index in [9.17, 15) is 14.7 Å². The lowest BCUT2D eigenvalue weighted by molar-refractivity contribution is -0.122. The third kappa shape index (κ3) is 6.60. The van der Waals surface area contributed by atoms with E-state index < -0.39 is 5.97 Å². The number of pyridine rings is 1. The predicted molar refractivity (Wildman–Crippen MR) is 119 cm³/mol. The maximum absolute atomic E-state index is 12.8. The highest BCUT2D eigenvalue weighted by Crippen LogP contribution is 2.26. The van der Waals surface area contributed by atoms with Crippen LogP contribution in [0.1, 0.15) is 53.7 Å². The maximum Gasteiger partial charge on any atom is 0.335 e. The number of methoxy groups -OCH3 is 1. The first-order valence-electron chi connectivity index (χ1n) is 10.9. The van der Waals surface area contributed by atoms with Crippen molar-refractivity contribution in [1.82, 2.24) is 9.88 Å². The first-order valence-corrected chi connectivity index (χ1v) is 10.9. The van der Waals surface area contributed by atoms with E-state index in [0.29, 0.717) is 19.6 Å². The molecule has 0 aliphatic carbocycles. The fourth-order valence-electron chi connectivity index (χ4n) is 4.00. The van der Waals surface area contributed by atoms with Crippen molar-refractivity contribution in [3.63, 3.8) is 0 Å². The van der Waals surface area contributed by atoms with Gasteiger partial charge in [-0.2, -0.15) is 0 Å². The average Bonchev–Trinajstić information content (AvgIpc) is 2.75. The Morgan fingerprint density at radius 3 is 2.55 bits per heavy atom. The number of nitrogens with zero attached hydrogens (tertiary/aromatic N) is 3. The molecule has 7 heteroatoms. The van der Waals surface area contributed by atoms with Crippen molar-refractivity contribution in [2.45, 2.75) is 45.2 Å². The highest BCUT2D eigenvalue weighted by atomic mass is 16.5. The lowest BCUT2D eigenvalue weighted by Gasteiger charge is -2.29. The third-order valence-corrected chi connectivity index (χ3v) is 5.55. The Hall–Kier alpha value is -2.77. The zero-order valence-electron chi connectivity index (χ0n) is 18.1. The summed E-state index contributed by atoms with van der Waals surface area (Å²) < 4.78 is 5.10. The van der Waals surface area contributed by atoms with Gasteiger partial charge in [0.15, 0.2) is 0 Å². The second kappa shape index (κ2) is 11.6. The van der Waals surface area contributed by atoms with Crippen LogP contribution in [0.2, 0.25) is 0 Å². The van der Waals surface area contributed by atoms with Gasteiger partial charge in [-0.25, -0.2) is 4.79 Å². The van der Waals surface area contributed by atoms with Crippen LogP contribution in [0.4, 0.5) is 5.69 Å². The lowest BCUT2D eigenvalue weighted by Crippen LogP contribution is -2.36. The van der Waals surface area contributed by atoms with Crippen molar-refractivity contribution in [3.05, 3.63) is 59.4 Å². The Kier molecular flexibility index (Phi) is 8.55. The molecule has 0 fully saturated rings. The van der Waals surface area contributed by atoms with Gasteiger partial charge in [-0.05, 0) is 55.3 Å². The first-order chi connectivity index (χ1) is 15.1. The smallest absolute Gasteiger partial charge is 0.335 e. The van der Waals surface area contributed by atoms with Crippen LogP contribution in [0.3, 0.4) is 0 Å². The van der Waals surface area contributed by atoms with Gasteiger partial charge in [0, 0.05) is 38.6 Å². The minimum Gasteiger partial charge on any atom is -0.478 e. The number of carbonyl (C=O) groups is 2. The largest absolute Gasteiger partial charge is 0.478 e. The summed E-state index contributed by atoms with van der Waals surface area (Å²) in [5.74, 6) is -1.08. The fraction of sp³-hybridized carbons (Fsp3) is 0.458. The van der Waals surface area contributed by atoms with Crippen molar-refractivity contribution >= 4 is 17.6 Å². The van der Waals surface area contributed by atoms with Gasteiger partial charge in [-0.15, -0.1) is 0 Å². The third-order valence-electron chi connectivity index (χ3n) is 5.55. The van der Waals surface area contributed by atoms with Crippen LogP contribution in [0.25, 0.3) is 0 Å². The van der Waals surface area contributed by atoms with Gasteiger partial charge in [0.2, 0.25) is 0 Å². The molecule has 1 aromatic heterocycles. The quantitative estimate of drug-likeness (QED) is 0.786. The molecule has 0 radical (unpaired) electrons. The molecular weight excluding hydrogens is 394 g/mol. The molecule has 0 saturated heterocycles. The number of carboxylic acid groups (broad SMARTS) is 1. The first kappa shape index (κ1) is 22.9. The van der Waals surface area contributed by atoms with Gasteiger partial charge in [0.05, 0.1) is 11.3 Å². The van der Waals surface area contributed by atoms with Crippen LogP contribution < -0.4 is 4.90 Å². The van der Waals surface area contributed by atoms with Crippen molar-refractivity contribution < 1.29 is 19.4 Å². The summed E-state index contributed by atoms with van der Waals surface area (Å²) in [6.07, 6.45) is 7.09. The molecule has 166 valence electrons. The minimum absolute atomic E-state index is 0.00221. The van der Waals surface area contributed by atoms with Crippen LogP contribution in [0.15, 0.2) is 42.6 Å². The monoisotopic (exact) mass is 425 g/mol. The molecule has 0 bridgehead atoms. The lowest BCUT2D eigenvalue weighted by atomic mass is 10.0. The zero-order valence-corrected chi connectivity index (χ0v) is 18.1. The Balaban J connectivity index is 1.98. The minimum atomic E-state index is -0.972. The molecule has 0 atom stereocenters. The summed E-state index contributed by atoms with van der Waals surface area (Å²) in [6.45, 7) is 2.70. The normalized spacial score (nSPS) is 16.1. The number of hydrogen-bond donors (Lipinski definition) is 1. The van der Waals surface area contributed by atoms with E-state index in [-0.39, 0.29) is 18.1 Å². The molecular formula is C24H31N3O4. The van der Waals surface area contributed by atoms with Crippen molar-refractivity contribution in [2.24, 2.45) is 0 Å².